The van der Waals surface area contributed by atoms with Crippen molar-refractivity contribution >= 4 is 0 Å². The van der Waals surface area contributed by atoms with Crippen molar-refractivity contribution in [2.75, 3.05) is 33.7 Å². The van der Waals surface area contributed by atoms with Gasteiger partial charge in [-0.2, -0.15) is 0 Å². The molecule has 96 valence electrons. The van der Waals surface area contributed by atoms with Gasteiger partial charge in [0.05, 0.1) is 0 Å². The number of rotatable bonds is 5. The van der Waals surface area contributed by atoms with Crippen molar-refractivity contribution < 1.29 is 0 Å². The predicted octanol–water partition coefficient (Wildman–Crippen LogP) is 1.54. The minimum Gasteiger partial charge on any atom is -0.345 e. The monoisotopic (exact) mass is 236 g/mol. The van der Waals surface area contributed by atoms with Crippen LogP contribution in [0.1, 0.15) is 43.1 Å². The lowest BCUT2D eigenvalue weighted by atomic mass is 10.1. The normalized spacial score (nSPS) is 23.1. The average molecular weight is 236 g/mol. The molecule has 2 N–H and O–H groups in total. The van der Waals surface area contributed by atoms with Gasteiger partial charge in [-0.05, 0) is 33.5 Å². The van der Waals surface area contributed by atoms with Crippen LogP contribution < -0.4 is 5.32 Å². The Labute approximate surface area is 104 Å². The lowest BCUT2D eigenvalue weighted by Crippen LogP contribution is -2.17. The number of aromatic nitrogens is 2. The molecule has 1 saturated heterocycles. The highest BCUT2D eigenvalue weighted by Crippen LogP contribution is 2.26. The maximum Gasteiger partial charge on any atom is 0.110 e. The largest absolute Gasteiger partial charge is 0.345 e. The first kappa shape index (κ1) is 12.6. The van der Waals surface area contributed by atoms with Gasteiger partial charge in [0, 0.05) is 36.8 Å². The van der Waals surface area contributed by atoms with Gasteiger partial charge in [-0.1, -0.05) is 6.92 Å². The zero-order chi connectivity index (χ0) is 12.3. The number of imidazole rings is 1. The molecule has 1 aliphatic rings. The first-order chi connectivity index (χ1) is 8.24. The fourth-order valence-electron chi connectivity index (χ4n) is 2.64. The van der Waals surface area contributed by atoms with Crippen LogP contribution in [0.3, 0.4) is 0 Å². The summed E-state index contributed by atoms with van der Waals surface area (Å²) in [7, 11) is 4.19. The smallest absolute Gasteiger partial charge is 0.110 e. The third kappa shape index (κ3) is 2.87. The summed E-state index contributed by atoms with van der Waals surface area (Å²) in [5.41, 5.74) is 1.32. The molecule has 4 heteroatoms. The first-order valence-electron chi connectivity index (χ1n) is 6.62. The highest BCUT2D eigenvalue weighted by Gasteiger charge is 2.23. The van der Waals surface area contributed by atoms with E-state index >= 15 is 0 Å². The standard InChI is InChI=1S/C13H24N4/c1-4-10(7-14-2)13-15-8-12(16-13)11-5-6-17(3)9-11/h8,10-11,14H,4-7,9H2,1-3H3,(H,15,16). The summed E-state index contributed by atoms with van der Waals surface area (Å²) in [6, 6.07) is 0. The third-order valence-electron chi connectivity index (χ3n) is 3.78. The van der Waals surface area contributed by atoms with Gasteiger partial charge in [0.25, 0.3) is 0 Å². The van der Waals surface area contributed by atoms with Crippen molar-refractivity contribution in [3.8, 4) is 0 Å². The summed E-state index contributed by atoms with van der Waals surface area (Å²) in [5.74, 6) is 2.30. The van der Waals surface area contributed by atoms with Gasteiger partial charge in [-0.15, -0.1) is 0 Å². The zero-order valence-electron chi connectivity index (χ0n) is 11.2. The summed E-state index contributed by atoms with van der Waals surface area (Å²) >= 11 is 0. The Balaban J connectivity index is 2.04. The predicted molar refractivity (Wildman–Crippen MR) is 70.4 cm³/mol. The molecule has 1 fully saturated rings. The van der Waals surface area contributed by atoms with E-state index in [2.05, 4.69) is 34.2 Å². The summed E-state index contributed by atoms with van der Waals surface area (Å²) in [5, 5.41) is 3.23. The number of nitrogens with one attached hydrogen (secondary N) is 2. The maximum atomic E-state index is 4.56. The second kappa shape index (κ2) is 5.65. The Morgan fingerprint density at radius 2 is 2.47 bits per heavy atom. The van der Waals surface area contributed by atoms with E-state index in [1.807, 2.05) is 13.2 Å². The van der Waals surface area contributed by atoms with E-state index in [1.54, 1.807) is 0 Å². The highest BCUT2D eigenvalue weighted by atomic mass is 15.1. The summed E-state index contributed by atoms with van der Waals surface area (Å²) in [4.78, 5) is 10.5. The molecular weight excluding hydrogens is 212 g/mol. The van der Waals surface area contributed by atoms with Crippen molar-refractivity contribution in [3.05, 3.63) is 17.7 Å². The second-order valence-electron chi connectivity index (χ2n) is 5.13. The average Bonchev–Trinajstić information content (AvgIpc) is 2.94. The Morgan fingerprint density at radius 1 is 1.65 bits per heavy atom. The number of nitrogens with zero attached hydrogens (tertiary/aromatic N) is 2. The molecule has 1 aliphatic heterocycles. The number of likely N-dealkylation sites (N-methyl/N-ethyl adjacent to an activating group) is 2. The Hall–Kier alpha value is -0.870. The van der Waals surface area contributed by atoms with Gasteiger partial charge >= 0.3 is 0 Å². The first-order valence-corrected chi connectivity index (χ1v) is 6.62. The fraction of sp³-hybridized carbons (Fsp3) is 0.769. The number of hydrogen-bond donors (Lipinski definition) is 2. The van der Waals surface area contributed by atoms with E-state index in [0.717, 1.165) is 25.3 Å². The van der Waals surface area contributed by atoms with Crippen LogP contribution in [0.2, 0.25) is 0 Å². The summed E-state index contributed by atoms with van der Waals surface area (Å²) in [6.45, 7) is 5.57. The van der Waals surface area contributed by atoms with E-state index in [-0.39, 0.29) is 0 Å². The Morgan fingerprint density at radius 3 is 3.06 bits per heavy atom. The van der Waals surface area contributed by atoms with Crippen LogP contribution in [0.5, 0.6) is 0 Å². The minimum atomic E-state index is 0.507. The van der Waals surface area contributed by atoms with Gasteiger partial charge in [-0.25, -0.2) is 4.98 Å². The van der Waals surface area contributed by atoms with Crippen molar-refractivity contribution in [1.29, 1.82) is 0 Å². The maximum absolute atomic E-state index is 4.56. The Bertz CT molecular complexity index is 328. The lowest BCUT2D eigenvalue weighted by Gasteiger charge is -2.12. The quantitative estimate of drug-likeness (QED) is 0.815. The SMILES string of the molecule is CCC(CNC)c1ncc(C2CCN(C)C2)[nH]1. The molecule has 1 aromatic heterocycles. The third-order valence-corrected chi connectivity index (χ3v) is 3.78. The van der Waals surface area contributed by atoms with Crippen molar-refractivity contribution in [3.63, 3.8) is 0 Å². The molecule has 0 aliphatic carbocycles. The molecule has 1 aromatic rings. The van der Waals surface area contributed by atoms with Crippen LogP contribution in [0.25, 0.3) is 0 Å². The molecule has 2 rings (SSSR count). The molecule has 0 bridgehead atoms. The molecule has 2 atom stereocenters. The van der Waals surface area contributed by atoms with Crippen molar-refractivity contribution in [1.82, 2.24) is 20.2 Å². The van der Waals surface area contributed by atoms with Crippen LogP contribution in [-0.2, 0) is 0 Å². The van der Waals surface area contributed by atoms with E-state index in [0.29, 0.717) is 11.8 Å². The van der Waals surface area contributed by atoms with Gasteiger partial charge in [0.2, 0.25) is 0 Å². The second-order valence-corrected chi connectivity index (χ2v) is 5.13. The van der Waals surface area contributed by atoms with Crippen LogP contribution in [0.15, 0.2) is 6.20 Å². The van der Waals surface area contributed by atoms with Crippen molar-refractivity contribution in [2.45, 2.75) is 31.6 Å². The molecule has 0 amide bonds. The van der Waals surface area contributed by atoms with E-state index in [9.17, 15) is 0 Å². The zero-order valence-corrected chi connectivity index (χ0v) is 11.2. The lowest BCUT2D eigenvalue weighted by molar-refractivity contribution is 0.411. The minimum absolute atomic E-state index is 0.507. The molecule has 0 saturated carbocycles. The molecule has 17 heavy (non-hydrogen) atoms. The molecular formula is C13H24N4. The van der Waals surface area contributed by atoms with Crippen LogP contribution in [0, 0.1) is 0 Å². The van der Waals surface area contributed by atoms with Crippen LogP contribution in [0.4, 0.5) is 0 Å². The van der Waals surface area contributed by atoms with E-state index < -0.39 is 0 Å². The van der Waals surface area contributed by atoms with E-state index in [1.165, 1.54) is 18.7 Å². The molecule has 0 radical (unpaired) electrons. The van der Waals surface area contributed by atoms with Gasteiger partial charge < -0.3 is 15.2 Å². The number of aromatic amines is 1. The van der Waals surface area contributed by atoms with Crippen LogP contribution in [-0.4, -0.2) is 48.6 Å². The number of H-pyrrole nitrogens is 1. The Kier molecular flexibility index (Phi) is 4.18. The van der Waals surface area contributed by atoms with E-state index in [4.69, 9.17) is 0 Å². The van der Waals surface area contributed by atoms with Gasteiger partial charge in [-0.3, -0.25) is 0 Å². The topological polar surface area (TPSA) is 44.0 Å². The summed E-state index contributed by atoms with van der Waals surface area (Å²) < 4.78 is 0. The fourth-order valence-corrected chi connectivity index (χ4v) is 2.64. The highest BCUT2D eigenvalue weighted by molar-refractivity contribution is 5.12. The van der Waals surface area contributed by atoms with Crippen molar-refractivity contribution in [2.24, 2.45) is 0 Å². The molecule has 0 aromatic carbocycles. The molecule has 2 unspecified atom stereocenters. The molecule has 4 nitrogen and oxygen atoms in total. The number of likely N-dealkylation sites (tertiary alicyclic amines) is 1. The van der Waals surface area contributed by atoms with Gasteiger partial charge in [0.15, 0.2) is 0 Å². The van der Waals surface area contributed by atoms with Crippen LogP contribution >= 0.6 is 0 Å². The summed E-state index contributed by atoms with van der Waals surface area (Å²) in [6.07, 6.45) is 4.41. The van der Waals surface area contributed by atoms with Gasteiger partial charge in [0.1, 0.15) is 5.82 Å². The molecule has 2 heterocycles. The number of hydrogen-bond acceptors (Lipinski definition) is 3. The molecule has 0 spiro atoms.